The minimum absolute atomic E-state index is 0.519. The van der Waals surface area contributed by atoms with Crippen LogP contribution in [0, 0.1) is 24.7 Å². The van der Waals surface area contributed by atoms with E-state index >= 15 is 0 Å². The predicted molar refractivity (Wildman–Crippen MR) is 91.6 cm³/mol. The van der Waals surface area contributed by atoms with Crippen molar-refractivity contribution in [1.82, 2.24) is 5.32 Å². The normalized spacial score (nSPS) is 12.0. The maximum Gasteiger partial charge on any atom is 0.103 e. The Hall–Kier alpha value is -2.20. The standard InChI is InChI=1S/C16H19ClN4/c1-10-5-6-15(11(2)16(10)17)21-13(4)20-12(3)14(9-19)7-8-18/h5-9,18-19H,3H2,1-2,4H3,(H,20,21)/b14-7+,18-8?,19-9?. The van der Waals surface area contributed by atoms with E-state index in [-0.39, 0.29) is 0 Å². The molecule has 1 rings (SSSR count). The van der Waals surface area contributed by atoms with Crippen LogP contribution in [0.3, 0.4) is 0 Å². The van der Waals surface area contributed by atoms with Gasteiger partial charge in [-0.2, -0.15) is 0 Å². The average molecular weight is 303 g/mol. The summed E-state index contributed by atoms with van der Waals surface area (Å²) in [6, 6.07) is 3.84. The fourth-order valence-electron chi connectivity index (χ4n) is 1.76. The highest BCUT2D eigenvalue weighted by molar-refractivity contribution is 6.32. The molecule has 0 saturated heterocycles. The Morgan fingerprint density at radius 2 is 2.00 bits per heavy atom. The maximum absolute atomic E-state index is 7.29. The fraction of sp³-hybridized carbons (Fsp3) is 0.188. The number of rotatable bonds is 5. The van der Waals surface area contributed by atoms with Crippen molar-refractivity contribution in [3.8, 4) is 0 Å². The van der Waals surface area contributed by atoms with Crippen LogP contribution < -0.4 is 5.32 Å². The van der Waals surface area contributed by atoms with E-state index in [0.717, 1.165) is 29.2 Å². The predicted octanol–water partition coefficient (Wildman–Crippen LogP) is 4.34. The van der Waals surface area contributed by atoms with Gasteiger partial charge < -0.3 is 16.1 Å². The largest absolute Gasteiger partial charge is 0.344 e. The van der Waals surface area contributed by atoms with Gasteiger partial charge in [-0.05, 0) is 44.0 Å². The van der Waals surface area contributed by atoms with Crippen molar-refractivity contribution in [3.05, 3.63) is 52.2 Å². The molecule has 1 aromatic carbocycles. The topological polar surface area (TPSA) is 72.1 Å². The molecule has 0 amide bonds. The number of nitrogens with zero attached hydrogens (tertiary/aromatic N) is 1. The number of amidine groups is 1. The van der Waals surface area contributed by atoms with Crippen LogP contribution in [0.1, 0.15) is 18.1 Å². The number of benzene rings is 1. The number of nitrogens with one attached hydrogen (secondary N) is 3. The van der Waals surface area contributed by atoms with Crippen LogP contribution in [0.2, 0.25) is 5.02 Å². The smallest absolute Gasteiger partial charge is 0.103 e. The lowest BCUT2D eigenvalue weighted by Gasteiger charge is -2.11. The Bertz CT molecular complexity index is 642. The van der Waals surface area contributed by atoms with E-state index in [0.29, 0.717) is 22.1 Å². The number of hydrogen-bond acceptors (Lipinski definition) is 3. The Morgan fingerprint density at radius 3 is 2.57 bits per heavy atom. The number of halogens is 1. The van der Waals surface area contributed by atoms with E-state index < -0.39 is 0 Å². The highest BCUT2D eigenvalue weighted by Gasteiger charge is 2.06. The summed E-state index contributed by atoms with van der Waals surface area (Å²) < 4.78 is 0. The van der Waals surface area contributed by atoms with Gasteiger partial charge in [-0.1, -0.05) is 24.2 Å². The lowest BCUT2D eigenvalue weighted by atomic mass is 10.1. The molecule has 21 heavy (non-hydrogen) atoms. The summed E-state index contributed by atoms with van der Waals surface area (Å²) in [6.07, 6.45) is 3.74. The lowest BCUT2D eigenvalue weighted by Crippen LogP contribution is -2.20. The zero-order valence-electron chi connectivity index (χ0n) is 12.4. The molecule has 5 heteroatoms. The lowest BCUT2D eigenvalue weighted by molar-refractivity contribution is 1.15. The van der Waals surface area contributed by atoms with Gasteiger partial charge in [-0.15, -0.1) is 0 Å². The van der Waals surface area contributed by atoms with Crippen molar-refractivity contribution < 1.29 is 0 Å². The molecule has 4 nitrogen and oxygen atoms in total. The third kappa shape index (κ3) is 4.39. The summed E-state index contributed by atoms with van der Waals surface area (Å²) in [5, 5.41) is 18.1. The van der Waals surface area contributed by atoms with Crippen molar-refractivity contribution in [2.45, 2.75) is 20.8 Å². The molecule has 0 aliphatic heterocycles. The fourth-order valence-corrected chi connectivity index (χ4v) is 1.92. The molecule has 0 unspecified atom stereocenters. The van der Waals surface area contributed by atoms with Gasteiger partial charge in [0, 0.05) is 28.7 Å². The first kappa shape index (κ1) is 16.9. The van der Waals surface area contributed by atoms with Gasteiger partial charge in [-0.25, -0.2) is 4.99 Å². The van der Waals surface area contributed by atoms with Gasteiger partial charge >= 0.3 is 0 Å². The Kier molecular flexibility index (Phi) is 6.06. The first-order valence-electron chi connectivity index (χ1n) is 6.39. The van der Waals surface area contributed by atoms with Crippen LogP contribution in [0.5, 0.6) is 0 Å². The van der Waals surface area contributed by atoms with E-state index in [1.54, 1.807) is 0 Å². The third-order valence-corrected chi connectivity index (χ3v) is 3.52. The zero-order chi connectivity index (χ0) is 16.0. The molecule has 0 aliphatic rings. The SMILES string of the molecule is C=C(N/C(C)=N/c1ccc(C)c(Cl)c1C)/C(C=N)=C/C=N. The quantitative estimate of drug-likeness (QED) is 0.422. The van der Waals surface area contributed by atoms with E-state index in [2.05, 4.69) is 16.9 Å². The average Bonchev–Trinajstić information content (AvgIpc) is 2.45. The molecule has 0 heterocycles. The van der Waals surface area contributed by atoms with Gasteiger partial charge in [-0.3, -0.25) is 0 Å². The summed E-state index contributed by atoms with van der Waals surface area (Å²) in [7, 11) is 0. The van der Waals surface area contributed by atoms with Crippen LogP contribution in [0.4, 0.5) is 5.69 Å². The third-order valence-electron chi connectivity index (χ3n) is 2.94. The summed E-state index contributed by atoms with van der Waals surface area (Å²) >= 11 is 6.22. The van der Waals surface area contributed by atoms with Crippen LogP contribution in [-0.2, 0) is 0 Å². The zero-order valence-corrected chi connectivity index (χ0v) is 13.2. The molecule has 110 valence electrons. The first-order chi connectivity index (χ1) is 9.90. The molecule has 0 aliphatic carbocycles. The molecular weight excluding hydrogens is 284 g/mol. The van der Waals surface area contributed by atoms with Crippen molar-refractivity contribution in [1.29, 1.82) is 10.8 Å². The molecule has 0 saturated carbocycles. The first-order valence-corrected chi connectivity index (χ1v) is 6.77. The van der Waals surface area contributed by atoms with Gasteiger partial charge in [0.2, 0.25) is 0 Å². The molecule has 3 N–H and O–H groups in total. The van der Waals surface area contributed by atoms with Gasteiger partial charge in [0.25, 0.3) is 0 Å². The van der Waals surface area contributed by atoms with Gasteiger partial charge in [0.05, 0.1) is 5.69 Å². The molecule has 1 aromatic rings. The van der Waals surface area contributed by atoms with Crippen LogP contribution in [0.25, 0.3) is 0 Å². The Labute approximate surface area is 130 Å². The van der Waals surface area contributed by atoms with E-state index in [1.807, 2.05) is 32.9 Å². The Morgan fingerprint density at radius 1 is 1.33 bits per heavy atom. The van der Waals surface area contributed by atoms with Gasteiger partial charge in [0.1, 0.15) is 5.84 Å². The van der Waals surface area contributed by atoms with Gasteiger partial charge in [0.15, 0.2) is 0 Å². The van der Waals surface area contributed by atoms with E-state index in [9.17, 15) is 0 Å². The van der Waals surface area contributed by atoms with Crippen LogP contribution >= 0.6 is 11.6 Å². The monoisotopic (exact) mass is 302 g/mol. The van der Waals surface area contributed by atoms with Crippen molar-refractivity contribution >= 4 is 35.6 Å². The number of aryl methyl sites for hydroxylation is 1. The second-order valence-electron chi connectivity index (χ2n) is 4.57. The molecule has 0 bridgehead atoms. The molecule has 0 radical (unpaired) electrons. The van der Waals surface area contributed by atoms with Crippen molar-refractivity contribution in [2.24, 2.45) is 4.99 Å². The minimum Gasteiger partial charge on any atom is -0.344 e. The highest BCUT2D eigenvalue weighted by Crippen LogP contribution is 2.28. The summed E-state index contributed by atoms with van der Waals surface area (Å²) in [5.74, 6) is 0.640. The second kappa shape index (κ2) is 7.55. The number of allylic oxidation sites excluding steroid dienone is 2. The summed E-state index contributed by atoms with van der Waals surface area (Å²) in [4.78, 5) is 4.48. The maximum atomic E-state index is 7.29. The highest BCUT2D eigenvalue weighted by atomic mass is 35.5. The van der Waals surface area contributed by atoms with Crippen LogP contribution in [-0.4, -0.2) is 18.3 Å². The van der Waals surface area contributed by atoms with Crippen molar-refractivity contribution in [2.75, 3.05) is 0 Å². The minimum atomic E-state index is 0.519. The summed E-state index contributed by atoms with van der Waals surface area (Å²) in [5.41, 5.74) is 3.77. The second-order valence-corrected chi connectivity index (χ2v) is 4.95. The van der Waals surface area contributed by atoms with Crippen LogP contribution in [0.15, 0.2) is 41.1 Å². The molecule has 0 atom stereocenters. The van der Waals surface area contributed by atoms with E-state index in [1.165, 1.54) is 6.08 Å². The summed E-state index contributed by atoms with van der Waals surface area (Å²) in [6.45, 7) is 9.53. The van der Waals surface area contributed by atoms with E-state index in [4.69, 9.17) is 22.4 Å². The molecular formula is C16H19ClN4. The van der Waals surface area contributed by atoms with Crippen molar-refractivity contribution in [3.63, 3.8) is 0 Å². The Balaban J connectivity index is 2.99. The molecule has 0 spiro atoms. The molecule has 0 fully saturated rings. The number of aliphatic imine (C=N–C) groups is 1. The number of hydrogen-bond donors (Lipinski definition) is 3. The molecule has 0 aromatic heterocycles.